The summed E-state index contributed by atoms with van der Waals surface area (Å²) in [7, 11) is 0. The third-order valence-electron chi connectivity index (χ3n) is 5.63. The van der Waals surface area contributed by atoms with Crippen LogP contribution >= 0.6 is 24.0 Å². The van der Waals surface area contributed by atoms with Gasteiger partial charge in [-0.1, -0.05) is 36.2 Å². The number of halogens is 2. The van der Waals surface area contributed by atoms with E-state index in [4.69, 9.17) is 17.3 Å². The van der Waals surface area contributed by atoms with Gasteiger partial charge in [-0.25, -0.2) is 0 Å². The number of anilines is 2. The van der Waals surface area contributed by atoms with Crippen molar-refractivity contribution in [3.8, 4) is 0 Å². The van der Waals surface area contributed by atoms with Gasteiger partial charge in [0.15, 0.2) is 0 Å². The highest BCUT2D eigenvalue weighted by molar-refractivity contribution is 6.31. The van der Waals surface area contributed by atoms with Gasteiger partial charge in [0, 0.05) is 28.4 Å². The van der Waals surface area contributed by atoms with Crippen LogP contribution in [-0.2, 0) is 22.6 Å². The lowest BCUT2D eigenvalue weighted by Crippen LogP contribution is -2.34. The van der Waals surface area contributed by atoms with Gasteiger partial charge in [0.05, 0.1) is 13.0 Å². The predicted octanol–water partition coefficient (Wildman–Crippen LogP) is 4.31. The zero-order valence-electron chi connectivity index (χ0n) is 16.1. The molecule has 29 heavy (non-hydrogen) atoms. The number of benzene rings is 2. The normalized spacial score (nSPS) is 20.8. The Hall–Kier alpha value is -2.08. The minimum Gasteiger partial charge on any atom is -0.328 e. The molecule has 3 N–H and O–H groups in total. The molecular weight excluding hydrogens is 409 g/mol. The molecule has 2 aliphatic rings. The fraction of sp³-hybridized carbons (Fsp3) is 0.364. The van der Waals surface area contributed by atoms with Crippen LogP contribution in [-0.4, -0.2) is 17.9 Å². The number of hydrogen-bond donors (Lipinski definition) is 2. The Morgan fingerprint density at radius 3 is 2.66 bits per heavy atom. The van der Waals surface area contributed by atoms with Crippen LogP contribution in [0.4, 0.5) is 11.4 Å². The maximum absolute atomic E-state index is 12.5. The molecule has 1 saturated carbocycles. The van der Waals surface area contributed by atoms with Gasteiger partial charge < -0.3 is 16.0 Å². The van der Waals surface area contributed by atoms with Crippen LogP contribution in [0.3, 0.4) is 0 Å². The SMILES string of the molecule is Cl.NC1CCCC(C(=O)Nc2ccc(CN3C(=O)Cc4ccc(Cl)cc43)cc2)C1. The second-order valence-corrected chi connectivity index (χ2v) is 8.18. The van der Waals surface area contributed by atoms with E-state index in [1.807, 2.05) is 42.5 Å². The van der Waals surface area contributed by atoms with E-state index in [-0.39, 0.29) is 36.2 Å². The van der Waals surface area contributed by atoms with E-state index in [0.29, 0.717) is 18.0 Å². The van der Waals surface area contributed by atoms with Crippen LogP contribution in [0.15, 0.2) is 42.5 Å². The number of hydrogen-bond acceptors (Lipinski definition) is 3. The third kappa shape index (κ3) is 4.92. The summed E-state index contributed by atoms with van der Waals surface area (Å²) >= 11 is 6.10. The molecule has 0 spiro atoms. The molecule has 154 valence electrons. The molecule has 2 atom stereocenters. The minimum atomic E-state index is -0.00750. The quantitative estimate of drug-likeness (QED) is 0.753. The van der Waals surface area contributed by atoms with E-state index in [1.54, 1.807) is 4.90 Å². The average Bonchev–Trinajstić information content (AvgIpc) is 2.98. The number of amides is 2. The third-order valence-corrected chi connectivity index (χ3v) is 5.86. The Kier molecular flexibility index (Phi) is 6.83. The van der Waals surface area contributed by atoms with Gasteiger partial charge in [0.25, 0.3) is 0 Å². The molecular formula is C22H25Cl2N3O2. The molecule has 1 aliphatic carbocycles. The van der Waals surface area contributed by atoms with Crippen molar-refractivity contribution in [2.75, 3.05) is 10.2 Å². The summed E-state index contributed by atoms with van der Waals surface area (Å²) in [5.41, 5.74) is 9.64. The fourth-order valence-corrected chi connectivity index (χ4v) is 4.26. The van der Waals surface area contributed by atoms with E-state index in [9.17, 15) is 9.59 Å². The van der Waals surface area contributed by atoms with Crippen molar-refractivity contribution in [1.82, 2.24) is 0 Å². The molecule has 1 heterocycles. The van der Waals surface area contributed by atoms with Crippen molar-refractivity contribution < 1.29 is 9.59 Å². The van der Waals surface area contributed by atoms with Crippen LogP contribution in [0.5, 0.6) is 0 Å². The molecule has 7 heteroatoms. The Balaban J connectivity index is 0.00000240. The fourth-order valence-electron chi connectivity index (χ4n) is 4.09. The van der Waals surface area contributed by atoms with E-state index < -0.39 is 0 Å². The summed E-state index contributed by atoms with van der Waals surface area (Å²) in [6.07, 6.45) is 4.07. The number of nitrogens with two attached hydrogens (primary N) is 1. The summed E-state index contributed by atoms with van der Waals surface area (Å²) in [4.78, 5) is 26.6. The Morgan fingerprint density at radius 1 is 1.17 bits per heavy atom. The first-order chi connectivity index (χ1) is 13.5. The van der Waals surface area contributed by atoms with Crippen molar-refractivity contribution in [3.05, 3.63) is 58.6 Å². The maximum Gasteiger partial charge on any atom is 0.231 e. The Bertz CT molecular complexity index is 901. The van der Waals surface area contributed by atoms with Crippen molar-refractivity contribution in [2.45, 2.75) is 44.7 Å². The van der Waals surface area contributed by atoms with Gasteiger partial charge in [-0.05, 0) is 54.7 Å². The molecule has 2 aromatic carbocycles. The summed E-state index contributed by atoms with van der Waals surface area (Å²) in [5.74, 6) is 0.108. The zero-order chi connectivity index (χ0) is 19.7. The summed E-state index contributed by atoms with van der Waals surface area (Å²) in [5, 5.41) is 3.62. The standard InChI is InChI=1S/C22H24ClN3O2.ClH/c23-17-7-6-15-11-21(27)26(20(15)12-17)13-14-4-8-19(9-5-14)25-22(28)16-2-1-3-18(24)10-16;/h4-9,12,16,18H,1-3,10-11,13,24H2,(H,25,28);1H. The second-order valence-electron chi connectivity index (χ2n) is 7.74. The van der Waals surface area contributed by atoms with Gasteiger partial charge >= 0.3 is 0 Å². The van der Waals surface area contributed by atoms with Gasteiger partial charge in [-0.3, -0.25) is 9.59 Å². The average molecular weight is 434 g/mol. The van der Waals surface area contributed by atoms with Crippen LogP contribution < -0.4 is 16.0 Å². The number of carbonyl (C=O) groups excluding carboxylic acids is 2. The van der Waals surface area contributed by atoms with E-state index in [1.165, 1.54) is 0 Å². The number of fused-ring (bicyclic) bond motifs is 1. The van der Waals surface area contributed by atoms with Crippen molar-refractivity contribution in [2.24, 2.45) is 11.7 Å². The zero-order valence-corrected chi connectivity index (χ0v) is 17.6. The van der Waals surface area contributed by atoms with Crippen LogP contribution in [0, 0.1) is 5.92 Å². The molecule has 2 unspecified atom stereocenters. The Labute approximate surface area is 182 Å². The highest BCUT2D eigenvalue weighted by Crippen LogP contribution is 2.33. The maximum atomic E-state index is 12.5. The number of nitrogens with one attached hydrogen (secondary N) is 1. The lowest BCUT2D eigenvalue weighted by atomic mass is 9.85. The van der Waals surface area contributed by atoms with Crippen LogP contribution in [0.2, 0.25) is 5.02 Å². The molecule has 2 aromatic rings. The lowest BCUT2D eigenvalue weighted by molar-refractivity contribution is -0.121. The molecule has 4 rings (SSSR count). The highest BCUT2D eigenvalue weighted by atomic mass is 35.5. The molecule has 1 fully saturated rings. The minimum absolute atomic E-state index is 0. The van der Waals surface area contributed by atoms with Gasteiger partial charge in [-0.2, -0.15) is 0 Å². The molecule has 0 bridgehead atoms. The topological polar surface area (TPSA) is 75.4 Å². The summed E-state index contributed by atoms with van der Waals surface area (Å²) in [6.45, 7) is 0.484. The first-order valence-electron chi connectivity index (χ1n) is 9.74. The van der Waals surface area contributed by atoms with Gasteiger partial charge in [0.1, 0.15) is 0 Å². The summed E-state index contributed by atoms with van der Waals surface area (Å²) in [6, 6.07) is 13.3. The highest BCUT2D eigenvalue weighted by Gasteiger charge is 2.28. The van der Waals surface area contributed by atoms with Gasteiger partial charge in [-0.15, -0.1) is 12.4 Å². The number of rotatable bonds is 4. The first kappa shape index (κ1) is 21.6. The number of carbonyl (C=O) groups is 2. The van der Waals surface area contributed by atoms with Crippen LogP contribution in [0.25, 0.3) is 0 Å². The summed E-state index contributed by atoms with van der Waals surface area (Å²) < 4.78 is 0. The van der Waals surface area contributed by atoms with Crippen LogP contribution in [0.1, 0.15) is 36.8 Å². The smallest absolute Gasteiger partial charge is 0.231 e. The number of nitrogens with zero attached hydrogens (tertiary/aromatic N) is 1. The molecule has 2 amide bonds. The molecule has 5 nitrogen and oxygen atoms in total. The van der Waals surface area contributed by atoms with E-state index in [2.05, 4.69) is 5.32 Å². The van der Waals surface area contributed by atoms with Gasteiger partial charge in [0.2, 0.25) is 11.8 Å². The van der Waals surface area contributed by atoms with E-state index in [0.717, 1.165) is 48.2 Å². The monoisotopic (exact) mass is 433 g/mol. The first-order valence-corrected chi connectivity index (χ1v) is 10.1. The van der Waals surface area contributed by atoms with Crippen molar-refractivity contribution >= 4 is 47.2 Å². The lowest BCUT2D eigenvalue weighted by Gasteiger charge is -2.25. The van der Waals surface area contributed by atoms with Crippen molar-refractivity contribution in [3.63, 3.8) is 0 Å². The Morgan fingerprint density at radius 2 is 1.93 bits per heavy atom. The second kappa shape index (κ2) is 9.16. The van der Waals surface area contributed by atoms with E-state index >= 15 is 0 Å². The molecule has 1 aliphatic heterocycles. The van der Waals surface area contributed by atoms with Crippen molar-refractivity contribution in [1.29, 1.82) is 0 Å². The molecule has 0 radical (unpaired) electrons. The molecule has 0 aromatic heterocycles. The largest absolute Gasteiger partial charge is 0.328 e. The molecule has 0 saturated heterocycles. The predicted molar refractivity (Wildman–Crippen MR) is 119 cm³/mol.